The maximum atomic E-state index is 13.7. The largest absolute Gasteiger partial charge is 0.497 e. The van der Waals surface area contributed by atoms with Crippen LogP contribution in [0.5, 0.6) is 5.75 Å². The van der Waals surface area contributed by atoms with Crippen LogP contribution in [0.25, 0.3) is 0 Å². The van der Waals surface area contributed by atoms with Crippen LogP contribution in [0, 0.1) is 6.92 Å². The minimum Gasteiger partial charge on any atom is -0.497 e. The standard InChI is InChI=1S/C30H43N3O5S/c1-5-27(30(35)31-25-13-7-6-8-14-25)32(22-24-17-19-26(38-3)20-18-24)29(34)16-11-21-33(39(4,36)37)28-15-10-9-12-23(28)2/h9-10,12,15,17-20,25,27H,5-8,11,13-14,16,21-22H2,1-4H3,(H,31,35). The number of methoxy groups -OCH3 is 1. The number of para-hydroxylation sites is 1. The van der Waals surface area contributed by atoms with Gasteiger partial charge in [-0.05, 0) is 61.9 Å². The number of hydrogen-bond donors (Lipinski definition) is 1. The number of ether oxygens (including phenoxy) is 1. The third kappa shape index (κ3) is 8.71. The van der Waals surface area contributed by atoms with Gasteiger partial charge in [0.2, 0.25) is 21.8 Å². The van der Waals surface area contributed by atoms with Crippen LogP contribution in [-0.4, -0.2) is 57.1 Å². The number of rotatable bonds is 13. The highest BCUT2D eigenvalue weighted by Gasteiger charge is 2.30. The van der Waals surface area contributed by atoms with Crippen molar-refractivity contribution < 1.29 is 22.7 Å². The molecule has 1 atom stereocenters. The fraction of sp³-hybridized carbons (Fsp3) is 0.533. The van der Waals surface area contributed by atoms with Gasteiger partial charge in [0.1, 0.15) is 11.8 Å². The Morgan fingerprint density at radius 2 is 1.72 bits per heavy atom. The summed E-state index contributed by atoms with van der Waals surface area (Å²) < 4.78 is 31.8. The molecule has 1 fully saturated rings. The summed E-state index contributed by atoms with van der Waals surface area (Å²) in [7, 11) is -1.93. The molecule has 214 valence electrons. The Morgan fingerprint density at radius 1 is 1.05 bits per heavy atom. The topological polar surface area (TPSA) is 96.0 Å². The molecule has 0 saturated heterocycles. The van der Waals surface area contributed by atoms with Crippen molar-refractivity contribution in [3.8, 4) is 5.75 Å². The second-order valence-electron chi connectivity index (χ2n) is 10.4. The summed E-state index contributed by atoms with van der Waals surface area (Å²) in [6.45, 7) is 4.25. The van der Waals surface area contributed by atoms with Gasteiger partial charge in [0.05, 0.1) is 19.1 Å². The molecule has 0 bridgehead atoms. The lowest BCUT2D eigenvalue weighted by Gasteiger charge is -2.33. The highest BCUT2D eigenvalue weighted by atomic mass is 32.2. The quantitative estimate of drug-likeness (QED) is 0.382. The minimum absolute atomic E-state index is 0.121. The minimum atomic E-state index is -3.53. The third-order valence-corrected chi connectivity index (χ3v) is 8.57. The van der Waals surface area contributed by atoms with Crippen LogP contribution in [0.2, 0.25) is 0 Å². The van der Waals surface area contributed by atoms with Crippen molar-refractivity contribution in [3.63, 3.8) is 0 Å². The van der Waals surface area contributed by atoms with Crippen LogP contribution in [-0.2, 0) is 26.2 Å². The Kier molecular flexibility index (Phi) is 11.2. The molecule has 2 amide bonds. The first kappa shape index (κ1) is 30.5. The molecule has 0 heterocycles. The molecule has 1 aliphatic carbocycles. The van der Waals surface area contributed by atoms with Crippen molar-refractivity contribution in [2.24, 2.45) is 0 Å². The average molecular weight is 558 g/mol. The summed E-state index contributed by atoms with van der Waals surface area (Å²) >= 11 is 0. The number of nitrogens with zero attached hydrogens (tertiary/aromatic N) is 2. The number of nitrogens with one attached hydrogen (secondary N) is 1. The number of anilines is 1. The van der Waals surface area contributed by atoms with Crippen molar-refractivity contribution >= 4 is 27.5 Å². The van der Waals surface area contributed by atoms with Gasteiger partial charge in [-0.25, -0.2) is 8.42 Å². The second-order valence-corrected chi connectivity index (χ2v) is 12.3. The Labute approximate surface area is 233 Å². The third-order valence-electron chi connectivity index (χ3n) is 7.39. The molecule has 1 saturated carbocycles. The van der Waals surface area contributed by atoms with E-state index in [9.17, 15) is 18.0 Å². The molecular weight excluding hydrogens is 514 g/mol. The first-order valence-electron chi connectivity index (χ1n) is 13.9. The van der Waals surface area contributed by atoms with E-state index in [2.05, 4.69) is 5.32 Å². The first-order valence-corrected chi connectivity index (χ1v) is 15.7. The van der Waals surface area contributed by atoms with E-state index in [1.165, 1.54) is 17.0 Å². The lowest BCUT2D eigenvalue weighted by molar-refractivity contribution is -0.141. The molecule has 1 aliphatic rings. The molecule has 2 aromatic rings. The molecule has 1 unspecified atom stereocenters. The van der Waals surface area contributed by atoms with Crippen molar-refractivity contribution in [3.05, 3.63) is 59.7 Å². The first-order chi connectivity index (χ1) is 18.6. The van der Waals surface area contributed by atoms with Gasteiger partial charge in [-0.15, -0.1) is 0 Å². The van der Waals surface area contributed by atoms with Gasteiger partial charge in [-0.2, -0.15) is 0 Å². The van der Waals surface area contributed by atoms with Crippen LogP contribution in [0.3, 0.4) is 0 Å². The Balaban J connectivity index is 1.77. The van der Waals surface area contributed by atoms with Gasteiger partial charge in [-0.1, -0.05) is 56.5 Å². The smallest absolute Gasteiger partial charge is 0.243 e. The fourth-order valence-corrected chi connectivity index (χ4v) is 6.24. The monoisotopic (exact) mass is 557 g/mol. The van der Waals surface area contributed by atoms with E-state index in [0.29, 0.717) is 18.5 Å². The average Bonchev–Trinajstić information content (AvgIpc) is 2.91. The van der Waals surface area contributed by atoms with E-state index < -0.39 is 16.1 Å². The zero-order valence-corrected chi connectivity index (χ0v) is 24.5. The van der Waals surface area contributed by atoms with Gasteiger partial charge in [0.25, 0.3) is 0 Å². The normalized spacial score (nSPS) is 14.9. The van der Waals surface area contributed by atoms with E-state index in [1.807, 2.05) is 50.2 Å². The van der Waals surface area contributed by atoms with Crippen LogP contribution in [0.1, 0.15) is 69.4 Å². The zero-order chi connectivity index (χ0) is 28.4. The number of carbonyl (C=O) groups is 2. The van der Waals surface area contributed by atoms with E-state index in [4.69, 9.17) is 4.74 Å². The predicted octanol–water partition coefficient (Wildman–Crippen LogP) is 4.81. The number of amides is 2. The molecule has 0 aliphatic heterocycles. The SMILES string of the molecule is CCC(C(=O)NC1CCCCC1)N(Cc1ccc(OC)cc1)C(=O)CCCN(c1ccccc1C)S(C)(=O)=O. The van der Waals surface area contributed by atoms with Crippen LogP contribution in [0.15, 0.2) is 48.5 Å². The highest BCUT2D eigenvalue weighted by molar-refractivity contribution is 7.92. The Hall–Kier alpha value is -3.07. The Bertz CT molecular complexity index is 1190. The van der Waals surface area contributed by atoms with Crippen molar-refractivity contribution in [1.29, 1.82) is 0 Å². The van der Waals surface area contributed by atoms with Crippen molar-refractivity contribution in [2.45, 2.75) is 83.8 Å². The maximum absolute atomic E-state index is 13.7. The lowest BCUT2D eigenvalue weighted by Crippen LogP contribution is -2.51. The molecular formula is C30H43N3O5S. The van der Waals surface area contributed by atoms with E-state index >= 15 is 0 Å². The van der Waals surface area contributed by atoms with Crippen molar-refractivity contribution in [2.75, 3.05) is 24.2 Å². The van der Waals surface area contributed by atoms with Crippen molar-refractivity contribution in [1.82, 2.24) is 10.2 Å². The molecule has 0 spiro atoms. The highest BCUT2D eigenvalue weighted by Crippen LogP contribution is 2.24. The van der Waals surface area contributed by atoms with Crippen LogP contribution >= 0.6 is 0 Å². The number of benzene rings is 2. The molecule has 2 aromatic carbocycles. The number of aryl methyl sites for hydroxylation is 1. The molecule has 39 heavy (non-hydrogen) atoms. The predicted molar refractivity (Wildman–Crippen MR) is 155 cm³/mol. The number of hydrogen-bond acceptors (Lipinski definition) is 5. The molecule has 3 rings (SSSR count). The maximum Gasteiger partial charge on any atom is 0.243 e. The summed E-state index contributed by atoms with van der Waals surface area (Å²) in [5.74, 6) is 0.425. The van der Waals surface area contributed by atoms with Gasteiger partial charge >= 0.3 is 0 Å². The number of carbonyl (C=O) groups excluding carboxylic acids is 2. The molecule has 8 nitrogen and oxygen atoms in total. The van der Waals surface area contributed by atoms with Gasteiger partial charge in [0, 0.05) is 25.6 Å². The molecule has 0 aromatic heterocycles. The summed E-state index contributed by atoms with van der Waals surface area (Å²) in [6.07, 6.45) is 7.46. The number of sulfonamides is 1. The van der Waals surface area contributed by atoms with E-state index in [1.54, 1.807) is 24.1 Å². The molecule has 0 radical (unpaired) electrons. The second kappa shape index (κ2) is 14.4. The summed E-state index contributed by atoms with van der Waals surface area (Å²) in [4.78, 5) is 28.7. The summed E-state index contributed by atoms with van der Waals surface area (Å²) in [5.41, 5.74) is 2.35. The van der Waals surface area contributed by atoms with Crippen LogP contribution < -0.4 is 14.4 Å². The zero-order valence-electron chi connectivity index (χ0n) is 23.7. The van der Waals surface area contributed by atoms with Gasteiger partial charge in [0.15, 0.2) is 0 Å². The summed E-state index contributed by atoms with van der Waals surface area (Å²) in [5, 5.41) is 3.19. The molecule has 1 N–H and O–H groups in total. The van der Waals surface area contributed by atoms with E-state index in [0.717, 1.165) is 42.6 Å². The lowest BCUT2D eigenvalue weighted by atomic mass is 9.95. The van der Waals surface area contributed by atoms with Gasteiger partial charge < -0.3 is 15.0 Å². The Morgan fingerprint density at radius 3 is 2.31 bits per heavy atom. The van der Waals surface area contributed by atoms with E-state index in [-0.39, 0.29) is 37.4 Å². The van der Waals surface area contributed by atoms with Crippen LogP contribution in [0.4, 0.5) is 5.69 Å². The molecule has 9 heteroatoms. The summed E-state index contributed by atoms with van der Waals surface area (Å²) in [6, 6.07) is 14.3. The van der Waals surface area contributed by atoms with Gasteiger partial charge in [-0.3, -0.25) is 13.9 Å². The fourth-order valence-electron chi connectivity index (χ4n) is 5.22.